The van der Waals surface area contributed by atoms with Crippen LogP contribution in [0.15, 0.2) is 65.8 Å². The number of aromatic nitrogens is 3. The highest BCUT2D eigenvalue weighted by atomic mass is 35.5. The molecule has 2 aromatic heterocycles. The maximum atomic E-state index is 12.7. The molecule has 6 nitrogen and oxygen atoms in total. The van der Waals surface area contributed by atoms with Crippen molar-refractivity contribution in [3.8, 4) is 5.69 Å². The minimum absolute atomic E-state index is 0.228. The number of anilines is 1. The maximum Gasteiger partial charge on any atom is 0.292 e. The first-order valence-electron chi connectivity index (χ1n) is 9.03. The van der Waals surface area contributed by atoms with Crippen molar-refractivity contribution in [3.63, 3.8) is 0 Å². The molecule has 0 aliphatic carbocycles. The quantitative estimate of drug-likeness (QED) is 0.736. The van der Waals surface area contributed by atoms with Gasteiger partial charge in [0.05, 0.1) is 43.8 Å². The molecule has 1 aliphatic rings. The number of nitrogens with one attached hydrogen (secondary N) is 1. The molecule has 7 heteroatoms. The van der Waals surface area contributed by atoms with Crippen molar-refractivity contribution in [3.05, 3.63) is 82.0 Å². The first-order valence-corrected chi connectivity index (χ1v) is 9.41. The lowest BCUT2D eigenvalue weighted by molar-refractivity contribution is -0.914. The van der Waals surface area contributed by atoms with Gasteiger partial charge in [-0.05, 0) is 24.3 Å². The lowest BCUT2D eigenvalue weighted by Crippen LogP contribution is -3.13. The summed E-state index contributed by atoms with van der Waals surface area (Å²) in [7, 11) is 0. The fraction of sp³-hybridized carbons (Fsp3) is 0.250. The van der Waals surface area contributed by atoms with Gasteiger partial charge in [-0.25, -0.2) is 0 Å². The predicted octanol–water partition coefficient (Wildman–Crippen LogP) is 1.19. The number of benzene rings is 1. The Labute approximate surface area is 162 Å². The van der Waals surface area contributed by atoms with E-state index in [2.05, 4.69) is 27.1 Å². The fourth-order valence-electron chi connectivity index (χ4n) is 3.43. The number of quaternary nitrogens is 1. The van der Waals surface area contributed by atoms with Gasteiger partial charge in [-0.2, -0.15) is 9.78 Å². The van der Waals surface area contributed by atoms with Gasteiger partial charge in [0.2, 0.25) is 0 Å². The van der Waals surface area contributed by atoms with Crippen molar-refractivity contribution >= 4 is 17.3 Å². The van der Waals surface area contributed by atoms with Gasteiger partial charge < -0.3 is 9.80 Å². The molecule has 3 heterocycles. The second kappa shape index (κ2) is 7.90. The third-order valence-electron chi connectivity index (χ3n) is 4.92. The molecule has 0 amide bonds. The molecule has 0 spiro atoms. The van der Waals surface area contributed by atoms with Crippen LogP contribution in [0.5, 0.6) is 0 Å². The van der Waals surface area contributed by atoms with Gasteiger partial charge in [0.1, 0.15) is 11.6 Å². The number of piperazine rings is 1. The average molecular weight is 383 g/mol. The van der Waals surface area contributed by atoms with Crippen LogP contribution in [-0.2, 0) is 6.54 Å². The van der Waals surface area contributed by atoms with Crippen molar-refractivity contribution < 1.29 is 4.90 Å². The Morgan fingerprint density at radius 3 is 2.44 bits per heavy atom. The van der Waals surface area contributed by atoms with E-state index in [9.17, 15) is 4.79 Å². The minimum atomic E-state index is -0.285. The zero-order chi connectivity index (χ0) is 18.6. The molecule has 0 atom stereocenters. The van der Waals surface area contributed by atoms with Crippen LogP contribution in [0.4, 0.5) is 5.69 Å². The van der Waals surface area contributed by atoms with Crippen molar-refractivity contribution in [2.45, 2.75) is 6.54 Å². The number of nitrogens with zero attached hydrogens (tertiary/aromatic N) is 4. The zero-order valence-corrected chi connectivity index (χ0v) is 15.6. The van der Waals surface area contributed by atoms with Gasteiger partial charge in [-0.1, -0.05) is 29.8 Å². The molecule has 0 unspecified atom stereocenters. The lowest BCUT2D eigenvalue weighted by atomic mass is 10.2. The highest BCUT2D eigenvalue weighted by molar-refractivity contribution is 6.33. The van der Waals surface area contributed by atoms with Gasteiger partial charge in [0.15, 0.2) is 0 Å². The molecule has 4 rings (SSSR count). The Bertz CT molecular complexity index is 953. The molecule has 1 N–H and O–H groups in total. The number of para-hydroxylation sites is 1. The van der Waals surface area contributed by atoms with Crippen LogP contribution in [-0.4, -0.2) is 40.9 Å². The van der Waals surface area contributed by atoms with Gasteiger partial charge >= 0.3 is 0 Å². The molecule has 1 aliphatic heterocycles. The second-order valence-electron chi connectivity index (χ2n) is 6.67. The molecule has 1 saturated heterocycles. The minimum Gasteiger partial charge on any atom is -0.358 e. The zero-order valence-electron chi connectivity index (χ0n) is 14.9. The van der Waals surface area contributed by atoms with Crippen LogP contribution in [0, 0.1) is 0 Å². The van der Waals surface area contributed by atoms with Gasteiger partial charge in [-0.15, -0.1) is 0 Å². The van der Waals surface area contributed by atoms with Crippen LogP contribution in [0.1, 0.15) is 5.56 Å². The third-order valence-corrected chi connectivity index (χ3v) is 5.27. The van der Waals surface area contributed by atoms with Crippen LogP contribution < -0.4 is 15.4 Å². The van der Waals surface area contributed by atoms with Gasteiger partial charge in [0.25, 0.3) is 5.56 Å². The van der Waals surface area contributed by atoms with E-state index in [4.69, 9.17) is 11.6 Å². The molecular formula is C20H21ClN5O+. The Balaban J connectivity index is 1.47. The molecule has 27 heavy (non-hydrogen) atoms. The molecule has 0 saturated carbocycles. The van der Waals surface area contributed by atoms with E-state index < -0.39 is 0 Å². The van der Waals surface area contributed by atoms with E-state index in [1.807, 2.05) is 42.7 Å². The van der Waals surface area contributed by atoms with E-state index in [-0.39, 0.29) is 10.6 Å². The normalized spacial score (nSPS) is 15.1. The van der Waals surface area contributed by atoms with Gasteiger partial charge in [0, 0.05) is 18.0 Å². The maximum absolute atomic E-state index is 12.7. The first-order chi connectivity index (χ1) is 13.2. The monoisotopic (exact) mass is 382 g/mol. The van der Waals surface area contributed by atoms with E-state index >= 15 is 0 Å². The lowest BCUT2D eigenvalue weighted by Gasteiger charge is -2.33. The second-order valence-corrected chi connectivity index (χ2v) is 7.04. The molecule has 3 aromatic rings. The SMILES string of the molecule is O=c1c(Cl)c(N2CC[NH+](Cc3ccncc3)CC2)cnn1-c1ccccc1. The van der Waals surface area contributed by atoms with Crippen molar-refractivity contribution in [1.82, 2.24) is 14.8 Å². The van der Waals surface area contributed by atoms with Crippen molar-refractivity contribution in [2.24, 2.45) is 0 Å². The number of hydrogen-bond donors (Lipinski definition) is 1. The Kier molecular flexibility index (Phi) is 5.18. The summed E-state index contributed by atoms with van der Waals surface area (Å²) in [6.45, 7) is 4.64. The van der Waals surface area contributed by atoms with E-state index in [1.165, 1.54) is 15.1 Å². The van der Waals surface area contributed by atoms with Crippen LogP contribution in [0.3, 0.4) is 0 Å². The van der Waals surface area contributed by atoms with Crippen LogP contribution in [0.2, 0.25) is 5.02 Å². The summed E-state index contributed by atoms with van der Waals surface area (Å²) in [6, 6.07) is 13.4. The number of rotatable bonds is 4. The fourth-order valence-corrected chi connectivity index (χ4v) is 3.68. The molecular weight excluding hydrogens is 362 g/mol. The summed E-state index contributed by atoms with van der Waals surface area (Å²) in [6.07, 6.45) is 5.36. The Morgan fingerprint density at radius 1 is 1.04 bits per heavy atom. The molecule has 0 bridgehead atoms. The number of pyridine rings is 1. The van der Waals surface area contributed by atoms with Crippen molar-refractivity contribution in [1.29, 1.82) is 0 Å². The van der Waals surface area contributed by atoms with Crippen LogP contribution in [0.25, 0.3) is 5.69 Å². The van der Waals surface area contributed by atoms with Crippen molar-refractivity contribution in [2.75, 3.05) is 31.1 Å². The van der Waals surface area contributed by atoms with Crippen LogP contribution >= 0.6 is 11.6 Å². The largest absolute Gasteiger partial charge is 0.358 e. The van der Waals surface area contributed by atoms with Gasteiger partial charge in [-0.3, -0.25) is 9.78 Å². The summed E-state index contributed by atoms with van der Waals surface area (Å²) in [5, 5.41) is 4.56. The highest BCUT2D eigenvalue weighted by Crippen LogP contribution is 2.21. The molecule has 0 radical (unpaired) electrons. The van der Waals surface area contributed by atoms with E-state index in [0.29, 0.717) is 5.69 Å². The Hall–Kier alpha value is -2.70. The van der Waals surface area contributed by atoms with E-state index in [1.54, 1.807) is 6.20 Å². The molecule has 138 valence electrons. The summed E-state index contributed by atoms with van der Waals surface area (Å²) >= 11 is 6.42. The standard InChI is InChI=1S/C20H20ClN5O/c21-19-18(14-23-26(20(19)27)17-4-2-1-3-5-17)25-12-10-24(11-13-25)15-16-6-8-22-9-7-16/h1-9,14H,10-13,15H2/p+1. The molecule has 1 fully saturated rings. The smallest absolute Gasteiger partial charge is 0.292 e. The summed E-state index contributed by atoms with van der Waals surface area (Å²) in [5.74, 6) is 0. The summed E-state index contributed by atoms with van der Waals surface area (Å²) < 4.78 is 1.34. The van der Waals surface area contributed by atoms with E-state index in [0.717, 1.165) is 38.4 Å². The summed E-state index contributed by atoms with van der Waals surface area (Å²) in [4.78, 5) is 20.4. The number of hydrogen-bond acceptors (Lipinski definition) is 4. The summed E-state index contributed by atoms with van der Waals surface area (Å²) in [5.41, 5.74) is 2.44. The topological polar surface area (TPSA) is 55.5 Å². The predicted molar refractivity (Wildman–Crippen MR) is 106 cm³/mol. The Morgan fingerprint density at radius 2 is 1.74 bits per heavy atom. The number of halogens is 1. The molecule has 1 aromatic carbocycles. The third kappa shape index (κ3) is 3.86. The highest BCUT2D eigenvalue weighted by Gasteiger charge is 2.23. The first kappa shape index (κ1) is 17.7. The average Bonchev–Trinajstić information content (AvgIpc) is 2.72.